The molecule has 1 N–H and O–H groups in total. The van der Waals surface area contributed by atoms with Crippen LogP contribution in [-0.4, -0.2) is 40.4 Å². The highest BCUT2D eigenvalue weighted by molar-refractivity contribution is 8.00. The van der Waals surface area contributed by atoms with Crippen LogP contribution in [0.5, 0.6) is 0 Å². The van der Waals surface area contributed by atoms with Gasteiger partial charge in [-0.3, -0.25) is 19.3 Å². The Morgan fingerprint density at radius 3 is 2.63 bits per heavy atom. The van der Waals surface area contributed by atoms with Crippen LogP contribution >= 0.6 is 23.1 Å². The predicted octanol–water partition coefficient (Wildman–Crippen LogP) is 3.52. The normalized spacial score (nSPS) is 22.3. The number of hydrogen-bond donors (Lipinski definition) is 1. The summed E-state index contributed by atoms with van der Waals surface area (Å²) in [5.41, 5.74) is 1.62. The Morgan fingerprint density at radius 1 is 1.26 bits per heavy atom. The standard InChI is InChI=1S/C19H21N3O3S2/c1-26-19-21-14-7-6-11(10-15(14)27-19)20-16(23)8-9-22-17(24)12-4-2-3-5-13(12)18(22)25/h6-7,10,12-13H,2-5,8-9H2,1H3,(H,20,23). The zero-order valence-electron chi connectivity index (χ0n) is 15.1. The molecule has 1 aliphatic carbocycles. The predicted molar refractivity (Wildman–Crippen MR) is 107 cm³/mol. The van der Waals surface area contributed by atoms with Crippen LogP contribution in [0.2, 0.25) is 0 Å². The fourth-order valence-corrected chi connectivity index (χ4v) is 5.49. The number of benzene rings is 1. The number of thiazole rings is 1. The van der Waals surface area contributed by atoms with Gasteiger partial charge in [0, 0.05) is 18.7 Å². The largest absolute Gasteiger partial charge is 0.326 e. The monoisotopic (exact) mass is 403 g/mol. The Hall–Kier alpha value is -1.93. The summed E-state index contributed by atoms with van der Waals surface area (Å²) in [5.74, 6) is -0.692. The van der Waals surface area contributed by atoms with Crippen molar-refractivity contribution >= 4 is 56.7 Å². The lowest BCUT2D eigenvalue weighted by Gasteiger charge is -2.19. The number of carbonyl (C=O) groups excluding carboxylic acids is 3. The summed E-state index contributed by atoms with van der Waals surface area (Å²) in [6.45, 7) is 0.163. The van der Waals surface area contributed by atoms with Crippen LogP contribution in [0.25, 0.3) is 10.2 Å². The molecule has 0 radical (unpaired) electrons. The van der Waals surface area contributed by atoms with Crippen molar-refractivity contribution in [3.63, 3.8) is 0 Å². The molecule has 27 heavy (non-hydrogen) atoms. The molecule has 3 amide bonds. The maximum Gasteiger partial charge on any atom is 0.233 e. The molecule has 1 aliphatic heterocycles. The molecule has 1 aromatic heterocycles. The summed E-state index contributed by atoms with van der Waals surface area (Å²) in [7, 11) is 0. The Morgan fingerprint density at radius 2 is 1.96 bits per heavy atom. The molecule has 1 saturated carbocycles. The van der Waals surface area contributed by atoms with Gasteiger partial charge in [0.25, 0.3) is 0 Å². The molecule has 2 aliphatic rings. The summed E-state index contributed by atoms with van der Waals surface area (Å²) < 4.78 is 2.01. The highest BCUT2D eigenvalue weighted by atomic mass is 32.2. The molecular formula is C19H21N3O3S2. The van der Waals surface area contributed by atoms with Gasteiger partial charge in [0.15, 0.2) is 4.34 Å². The van der Waals surface area contributed by atoms with Crippen LogP contribution in [0.3, 0.4) is 0 Å². The van der Waals surface area contributed by atoms with Crippen molar-refractivity contribution in [2.75, 3.05) is 18.1 Å². The number of aromatic nitrogens is 1. The van der Waals surface area contributed by atoms with Gasteiger partial charge in [-0.2, -0.15) is 0 Å². The van der Waals surface area contributed by atoms with Crippen LogP contribution in [0.1, 0.15) is 32.1 Å². The van der Waals surface area contributed by atoms with Gasteiger partial charge < -0.3 is 5.32 Å². The van der Waals surface area contributed by atoms with Crippen LogP contribution < -0.4 is 5.32 Å². The van der Waals surface area contributed by atoms with Crippen molar-refractivity contribution in [1.29, 1.82) is 0 Å². The summed E-state index contributed by atoms with van der Waals surface area (Å²) in [4.78, 5) is 43.0. The number of amides is 3. The fourth-order valence-electron chi connectivity index (χ4n) is 3.96. The van der Waals surface area contributed by atoms with Crippen molar-refractivity contribution in [3.8, 4) is 0 Å². The molecule has 8 heteroatoms. The molecule has 6 nitrogen and oxygen atoms in total. The topological polar surface area (TPSA) is 79.4 Å². The molecule has 2 heterocycles. The first kappa shape index (κ1) is 18.4. The van der Waals surface area contributed by atoms with Crippen molar-refractivity contribution in [2.24, 2.45) is 11.8 Å². The summed E-state index contributed by atoms with van der Waals surface area (Å²) >= 11 is 3.18. The number of hydrogen-bond acceptors (Lipinski definition) is 6. The number of rotatable bonds is 5. The Kier molecular flexibility index (Phi) is 5.19. The first-order chi connectivity index (χ1) is 13.1. The number of carbonyl (C=O) groups is 3. The summed E-state index contributed by atoms with van der Waals surface area (Å²) in [6, 6.07) is 5.62. The van der Waals surface area contributed by atoms with E-state index < -0.39 is 0 Å². The third-order valence-electron chi connectivity index (χ3n) is 5.32. The zero-order chi connectivity index (χ0) is 19.0. The maximum atomic E-state index is 12.5. The van der Waals surface area contributed by atoms with Gasteiger partial charge in [0.05, 0.1) is 22.1 Å². The number of anilines is 1. The van der Waals surface area contributed by atoms with Crippen molar-refractivity contribution in [1.82, 2.24) is 9.88 Å². The van der Waals surface area contributed by atoms with E-state index in [-0.39, 0.29) is 42.5 Å². The number of nitrogens with one attached hydrogen (secondary N) is 1. The smallest absolute Gasteiger partial charge is 0.233 e. The van der Waals surface area contributed by atoms with Gasteiger partial charge in [-0.15, -0.1) is 11.3 Å². The van der Waals surface area contributed by atoms with E-state index in [4.69, 9.17) is 0 Å². The zero-order valence-corrected chi connectivity index (χ0v) is 16.7. The molecule has 2 unspecified atom stereocenters. The first-order valence-electron chi connectivity index (χ1n) is 9.16. The van der Waals surface area contributed by atoms with Gasteiger partial charge in [-0.25, -0.2) is 4.98 Å². The Balaban J connectivity index is 1.37. The lowest BCUT2D eigenvalue weighted by Crippen LogP contribution is -2.34. The molecular weight excluding hydrogens is 382 g/mol. The number of thioether (sulfide) groups is 1. The fraction of sp³-hybridized carbons (Fsp3) is 0.474. The number of imide groups is 1. The summed E-state index contributed by atoms with van der Waals surface area (Å²) in [6.07, 6.45) is 5.71. The molecule has 0 bridgehead atoms. The van der Waals surface area contributed by atoms with Gasteiger partial charge >= 0.3 is 0 Å². The average Bonchev–Trinajstić information content (AvgIpc) is 3.19. The van der Waals surface area contributed by atoms with E-state index in [0.29, 0.717) is 5.69 Å². The maximum absolute atomic E-state index is 12.5. The highest BCUT2D eigenvalue weighted by Crippen LogP contribution is 2.38. The highest BCUT2D eigenvalue weighted by Gasteiger charge is 2.47. The van der Waals surface area contributed by atoms with E-state index in [1.807, 2.05) is 24.5 Å². The van der Waals surface area contributed by atoms with Crippen LogP contribution in [0.4, 0.5) is 5.69 Å². The van der Waals surface area contributed by atoms with Crippen LogP contribution in [0.15, 0.2) is 22.5 Å². The molecule has 4 rings (SSSR count). The lowest BCUT2D eigenvalue weighted by atomic mass is 9.81. The molecule has 2 aromatic rings. The molecule has 0 spiro atoms. The number of likely N-dealkylation sites (tertiary alicyclic amines) is 1. The van der Waals surface area contributed by atoms with Crippen molar-refractivity contribution < 1.29 is 14.4 Å². The number of nitrogens with zero attached hydrogens (tertiary/aromatic N) is 2. The van der Waals surface area contributed by atoms with Crippen LogP contribution in [0, 0.1) is 11.8 Å². The second-order valence-corrected chi connectivity index (χ2v) is 9.07. The minimum absolute atomic E-state index is 0.0897. The van der Waals surface area contributed by atoms with Gasteiger partial charge in [0.2, 0.25) is 17.7 Å². The van der Waals surface area contributed by atoms with Crippen molar-refractivity contribution in [3.05, 3.63) is 18.2 Å². The quantitative estimate of drug-likeness (QED) is 0.610. The molecule has 2 atom stereocenters. The molecule has 2 fully saturated rings. The van der Waals surface area contributed by atoms with E-state index in [2.05, 4.69) is 10.3 Å². The minimum Gasteiger partial charge on any atom is -0.326 e. The average molecular weight is 404 g/mol. The van der Waals surface area contributed by atoms with Gasteiger partial charge in [-0.05, 0) is 37.3 Å². The molecule has 142 valence electrons. The van der Waals surface area contributed by atoms with E-state index >= 15 is 0 Å². The van der Waals surface area contributed by atoms with E-state index in [1.165, 1.54) is 4.90 Å². The first-order valence-corrected chi connectivity index (χ1v) is 11.2. The lowest BCUT2D eigenvalue weighted by molar-refractivity contribution is -0.140. The molecule has 1 saturated heterocycles. The third kappa shape index (κ3) is 3.60. The Labute approximate surface area is 165 Å². The van der Waals surface area contributed by atoms with E-state index in [1.54, 1.807) is 23.1 Å². The van der Waals surface area contributed by atoms with Crippen LogP contribution in [-0.2, 0) is 14.4 Å². The Bertz CT molecular complexity index is 887. The third-order valence-corrected chi connectivity index (χ3v) is 7.33. The van der Waals surface area contributed by atoms with E-state index in [0.717, 1.165) is 40.2 Å². The summed E-state index contributed by atoms with van der Waals surface area (Å²) in [5, 5.41) is 2.86. The van der Waals surface area contributed by atoms with Gasteiger partial charge in [-0.1, -0.05) is 24.6 Å². The van der Waals surface area contributed by atoms with Gasteiger partial charge in [0.1, 0.15) is 0 Å². The number of fused-ring (bicyclic) bond motifs is 2. The SMILES string of the molecule is CSc1nc2ccc(NC(=O)CCN3C(=O)C4CCCCC4C3=O)cc2s1. The minimum atomic E-state index is -0.195. The molecule has 1 aromatic carbocycles. The second kappa shape index (κ2) is 7.59. The van der Waals surface area contributed by atoms with Crippen molar-refractivity contribution in [2.45, 2.75) is 36.4 Å². The van der Waals surface area contributed by atoms with E-state index in [9.17, 15) is 14.4 Å². The second-order valence-electron chi connectivity index (χ2n) is 6.99.